The van der Waals surface area contributed by atoms with E-state index in [1.165, 1.54) is 17.4 Å². The van der Waals surface area contributed by atoms with Crippen LogP contribution in [0.25, 0.3) is 17.3 Å². The van der Waals surface area contributed by atoms with Crippen molar-refractivity contribution >= 4 is 39.8 Å². The minimum Gasteiger partial charge on any atom is -0.298 e. The van der Waals surface area contributed by atoms with Gasteiger partial charge >= 0.3 is 0 Å². The van der Waals surface area contributed by atoms with Crippen molar-refractivity contribution in [2.45, 2.75) is 0 Å². The van der Waals surface area contributed by atoms with Gasteiger partial charge in [-0.2, -0.15) is 0 Å². The average Bonchev–Trinajstić information content (AvgIpc) is 3.17. The molecule has 0 aliphatic carbocycles. The van der Waals surface area contributed by atoms with Crippen molar-refractivity contribution in [1.29, 1.82) is 0 Å². The summed E-state index contributed by atoms with van der Waals surface area (Å²) in [5, 5.41) is 7.23. The number of rotatable bonds is 4. The van der Waals surface area contributed by atoms with Gasteiger partial charge in [-0.1, -0.05) is 6.07 Å². The van der Waals surface area contributed by atoms with Crippen molar-refractivity contribution in [3.8, 4) is 11.3 Å². The van der Waals surface area contributed by atoms with Gasteiger partial charge in [0.05, 0.1) is 5.69 Å². The van der Waals surface area contributed by atoms with E-state index in [-0.39, 0.29) is 5.91 Å². The molecule has 3 rings (SSSR count). The first-order valence-corrected chi connectivity index (χ1v) is 7.96. The molecule has 0 aliphatic heterocycles. The minimum atomic E-state index is -0.181. The van der Waals surface area contributed by atoms with Gasteiger partial charge in [0, 0.05) is 34.3 Å². The second kappa shape index (κ2) is 6.43. The molecule has 3 aromatic heterocycles. The van der Waals surface area contributed by atoms with E-state index in [1.807, 2.05) is 35.0 Å². The van der Waals surface area contributed by atoms with Crippen molar-refractivity contribution < 1.29 is 4.79 Å². The maximum Gasteiger partial charge on any atom is 0.250 e. The highest BCUT2D eigenvalue weighted by molar-refractivity contribution is 7.14. The molecule has 0 fully saturated rings. The fourth-order valence-corrected chi connectivity index (χ4v) is 3.02. The predicted octanol–water partition coefficient (Wildman–Crippen LogP) is 3.92. The zero-order valence-electron chi connectivity index (χ0n) is 10.9. The summed E-state index contributed by atoms with van der Waals surface area (Å²) in [5.41, 5.74) is 1.82. The summed E-state index contributed by atoms with van der Waals surface area (Å²) in [6.07, 6.45) is 6.74. The highest BCUT2D eigenvalue weighted by Crippen LogP contribution is 2.24. The first-order chi connectivity index (χ1) is 10.3. The Morgan fingerprint density at radius 3 is 2.81 bits per heavy atom. The van der Waals surface area contributed by atoms with Crippen LogP contribution in [-0.4, -0.2) is 15.9 Å². The van der Waals surface area contributed by atoms with Crippen LogP contribution < -0.4 is 5.32 Å². The van der Waals surface area contributed by atoms with E-state index < -0.39 is 0 Å². The highest BCUT2D eigenvalue weighted by atomic mass is 32.1. The molecule has 4 nitrogen and oxygen atoms in total. The van der Waals surface area contributed by atoms with E-state index in [4.69, 9.17) is 0 Å². The number of thiophene rings is 1. The third-order valence-electron chi connectivity index (χ3n) is 2.65. The van der Waals surface area contributed by atoms with E-state index in [9.17, 15) is 4.79 Å². The molecule has 0 bridgehead atoms. The molecular weight excluding hydrogens is 302 g/mol. The van der Waals surface area contributed by atoms with E-state index in [0.29, 0.717) is 5.13 Å². The summed E-state index contributed by atoms with van der Waals surface area (Å²) < 4.78 is 0. The summed E-state index contributed by atoms with van der Waals surface area (Å²) >= 11 is 2.99. The Bertz CT molecular complexity index is 748. The molecule has 0 spiro atoms. The number of thiazole rings is 1. The molecule has 21 heavy (non-hydrogen) atoms. The second-order valence-electron chi connectivity index (χ2n) is 4.11. The molecule has 0 unspecified atom stereocenters. The van der Waals surface area contributed by atoms with E-state index in [1.54, 1.807) is 29.8 Å². The van der Waals surface area contributed by atoms with Gasteiger partial charge in [0.2, 0.25) is 5.91 Å². The number of hydrogen-bond donors (Lipinski definition) is 1. The SMILES string of the molecule is O=C(C=Cc1cccs1)Nc1nc(-c2ccncc2)cs1. The van der Waals surface area contributed by atoms with Crippen LogP contribution in [-0.2, 0) is 4.79 Å². The average molecular weight is 313 g/mol. The zero-order valence-corrected chi connectivity index (χ0v) is 12.5. The van der Waals surface area contributed by atoms with Crippen molar-refractivity contribution in [3.05, 3.63) is 58.4 Å². The second-order valence-corrected chi connectivity index (χ2v) is 5.95. The number of hydrogen-bond acceptors (Lipinski definition) is 5. The van der Waals surface area contributed by atoms with Gasteiger partial charge in [0.15, 0.2) is 5.13 Å². The third kappa shape index (κ3) is 3.62. The standard InChI is InChI=1S/C15H11N3OS2/c19-14(4-3-12-2-1-9-20-12)18-15-17-13(10-21-15)11-5-7-16-8-6-11/h1-10H,(H,17,18,19). The van der Waals surface area contributed by atoms with Crippen LogP contribution in [0.3, 0.4) is 0 Å². The molecular formula is C15H11N3OS2. The van der Waals surface area contributed by atoms with Crippen LogP contribution in [0.1, 0.15) is 4.88 Å². The number of anilines is 1. The van der Waals surface area contributed by atoms with Gasteiger partial charge in [-0.15, -0.1) is 22.7 Å². The lowest BCUT2D eigenvalue weighted by Gasteiger charge is -1.96. The molecule has 0 aromatic carbocycles. The third-order valence-corrected chi connectivity index (χ3v) is 4.25. The van der Waals surface area contributed by atoms with Crippen LogP contribution in [0.15, 0.2) is 53.5 Å². The highest BCUT2D eigenvalue weighted by Gasteiger charge is 2.06. The van der Waals surface area contributed by atoms with E-state index in [2.05, 4.69) is 15.3 Å². The van der Waals surface area contributed by atoms with Gasteiger partial charge in [0.25, 0.3) is 0 Å². The maximum absolute atomic E-state index is 11.8. The number of pyridine rings is 1. The Kier molecular flexibility index (Phi) is 4.18. The summed E-state index contributed by atoms with van der Waals surface area (Å²) in [7, 11) is 0. The van der Waals surface area contributed by atoms with Crippen molar-refractivity contribution in [1.82, 2.24) is 9.97 Å². The Morgan fingerprint density at radius 2 is 2.05 bits per heavy atom. The molecule has 3 heterocycles. The molecule has 1 amide bonds. The predicted molar refractivity (Wildman–Crippen MR) is 87.3 cm³/mol. The summed E-state index contributed by atoms with van der Waals surface area (Å²) in [5.74, 6) is -0.181. The van der Waals surface area contributed by atoms with E-state index in [0.717, 1.165) is 16.1 Å². The molecule has 6 heteroatoms. The van der Waals surface area contributed by atoms with Crippen LogP contribution in [0, 0.1) is 0 Å². The normalized spacial score (nSPS) is 10.9. The number of nitrogens with one attached hydrogen (secondary N) is 1. The van der Waals surface area contributed by atoms with E-state index >= 15 is 0 Å². The summed E-state index contributed by atoms with van der Waals surface area (Å²) in [6.45, 7) is 0. The van der Waals surface area contributed by atoms with Gasteiger partial charge in [-0.3, -0.25) is 15.1 Å². The fourth-order valence-electron chi connectivity index (χ4n) is 1.68. The molecule has 0 radical (unpaired) electrons. The van der Waals surface area contributed by atoms with Gasteiger partial charge in [0.1, 0.15) is 0 Å². The lowest BCUT2D eigenvalue weighted by Crippen LogP contribution is -2.07. The zero-order chi connectivity index (χ0) is 14.5. The molecule has 0 aliphatic rings. The largest absolute Gasteiger partial charge is 0.298 e. The van der Waals surface area contributed by atoms with Crippen LogP contribution in [0.2, 0.25) is 0 Å². The number of amides is 1. The van der Waals surface area contributed by atoms with Gasteiger partial charge in [-0.25, -0.2) is 4.98 Å². The monoisotopic (exact) mass is 313 g/mol. The maximum atomic E-state index is 11.8. The number of carbonyl (C=O) groups excluding carboxylic acids is 1. The van der Waals surface area contributed by atoms with Crippen LogP contribution in [0.4, 0.5) is 5.13 Å². The molecule has 0 saturated carbocycles. The molecule has 3 aromatic rings. The summed E-state index contributed by atoms with van der Waals surface area (Å²) in [4.78, 5) is 21.2. The Hall–Kier alpha value is -2.31. The summed E-state index contributed by atoms with van der Waals surface area (Å²) in [6, 6.07) is 7.68. The quantitative estimate of drug-likeness (QED) is 0.743. The topological polar surface area (TPSA) is 54.9 Å². The molecule has 0 saturated heterocycles. The lowest BCUT2D eigenvalue weighted by atomic mass is 10.2. The first-order valence-electron chi connectivity index (χ1n) is 6.20. The lowest BCUT2D eigenvalue weighted by molar-refractivity contribution is -0.111. The van der Waals surface area contributed by atoms with Crippen LogP contribution >= 0.6 is 22.7 Å². The van der Waals surface area contributed by atoms with Gasteiger partial charge < -0.3 is 0 Å². The fraction of sp³-hybridized carbons (Fsp3) is 0. The van der Waals surface area contributed by atoms with Crippen molar-refractivity contribution in [2.24, 2.45) is 0 Å². The molecule has 104 valence electrons. The minimum absolute atomic E-state index is 0.181. The molecule has 1 N–H and O–H groups in total. The van der Waals surface area contributed by atoms with Gasteiger partial charge in [-0.05, 0) is 29.7 Å². The number of carbonyl (C=O) groups is 1. The van der Waals surface area contributed by atoms with Crippen LogP contribution in [0.5, 0.6) is 0 Å². The first kappa shape index (κ1) is 13.7. The molecule has 0 atom stereocenters. The Morgan fingerprint density at radius 1 is 1.19 bits per heavy atom. The Balaban J connectivity index is 1.66. The number of aromatic nitrogens is 2. The van der Waals surface area contributed by atoms with Crippen molar-refractivity contribution in [2.75, 3.05) is 5.32 Å². The van der Waals surface area contributed by atoms with Crippen molar-refractivity contribution in [3.63, 3.8) is 0 Å². The number of nitrogens with zero attached hydrogens (tertiary/aromatic N) is 2. The smallest absolute Gasteiger partial charge is 0.250 e. The Labute approximate surface area is 129 Å².